The highest BCUT2D eigenvalue weighted by Gasteiger charge is 2.30. The maximum absolute atomic E-state index is 15.3. The zero-order chi connectivity index (χ0) is 26.0. The lowest BCUT2D eigenvalue weighted by molar-refractivity contribution is 0.418. The van der Waals surface area contributed by atoms with E-state index >= 15 is 8.78 Å². The predicted octanol–water partition coefficient (Wildman–Crippen LogP) is 8.72. The molecule has 0 saturated heterocycles. The molecule has 182 valence electrons. The molecule has 5 aromatic rings. The normalized spacial score (nSPS) is 11.6. The van der Waals surface area contributed by atoms with Crippen molar-refractivity contribution >= 4 is 21.5 Å². The molecule has 36 heavy (non-hydrogen) atoms. The standard InChI is InChI=1S/C26H8F10/c27-10-1-3-12-14(7-10)18(9-5-16(30)22(32)17(31)6-9)20-21(24(34)26(36)25(35)23(20)33)19(12)13-4-2-11(28)8-15(13)29/h1-8H. The molecule has 0 N–H and O–H groups in total. The third-order valence-electron chi connectivity index (χ3n) is 5.76. The molecule has 0 radical (unpaired) electrons. The molecule has 0 atom stereocenters. The zero-order valence-corrected chi connectivity index (χ0v) is 17.4. The molecule has 10 heteroatoms. The van der Waals surface area contributed by atoms with Crippen molar-refractivity contribution in [1.82, 2.24) is 0 Å². The van der Waals surface area contributed by atoms with Gasteiger partial charge in [0, 0.05) is 33.5 Å². The van der Waals surface area contributed by atoms with Crippen LogP contribution >= 0.6 is 0 Å². The minimum absolute atomic E-state index is 0.293. The van der Waals surface area contributed by atoms with Crippen LogP contribution in [-0.2, 0) is 0 Å². The Kier molecular flexibility index (Phi) is 5.42. The van der Waals surface area contributed by atoms with Crippen LogP contribution in [0.25, 0.3) is 43.8 Å². The minimum Gasteiger partial charge on any atom is -0.207 e. The summed E-state index contributed by atoms with van der Waals surface area (Å²) in [5, 5.41) is -2.93. The highest BCUT2D eigenvalue weighted by atomic mass is 19.2. The molecular formula is C26H8F10. The summed E-state index contributed by atoms with van der Waals surface area (Å²) in [6.45, 7) is 0. The first-order valence-corrected chi connectivity index (χ1v) is 10.0. The molecule has 0 nitrogen and oxygen atoms in total. The lowest BCUT2D eigenvalue weighted by Crippen LogP contribution is -2.04. The van der Waals surface area contributed by atoms with Gasteiger partial charge in [-0.1, -0.05) is 6.07 Å². The SMILES string of the molecule is Fc1ccc(-c2c3ccc(F)cc3c(-c3cc(F)c(F)c(F)c3)c3c(F)c(F)c(F)c(F)c23)c(F)c1. The number of benzene rings is 5. The molecule has 0 spiro atoms. The lowest BCUT2D eigenvalue weighted by Gasteiger charge is -2.20. The molecular weight excluding hydrogens is 502 g/mol. The Bertz CT molecular complexity index is 1720. The van der Waals surface area contributed by atoms with E-state index in [1.54, 1.807) is 0 Å². The summed E-state index contributed by atoms with van der Waals surface area (Å²) >= 11 is 0. The van der Waals surface area contributed by atoms with Crippen LogP contribution < -0.4 is 0 Å². The number of halogens is 10. The number of fused-ring (bicyclic) bond motifs is 2. The van der Waals surface area contributed by atoms with Gasteiger partial charge in [0.15, 0.2) is 40.7 Å². The van der Waals surface area contributed by atoms with Crippen LogP contribution in [0.3, 0.4) is 0 Å². The fraction of sp³-hybridized carbons (Fsp3) is 0. The van der Waals surface area contributed by atoms with E-state index in [-0.39, 0.29) is 5.39 Å². The van der Waals surface area contributed by atoms with Crippen LogP contribution in [0.1, 0.15) is 0 Å². The van der Waals surface area contributed by atoms with Crippen LogP contribution in [-0.4, -0.2) is 0 Å². The highest BCUT2D eigenvalue weighted by Crippen LogP contribution is 2.47. The monoisotopic (exact) mass is 510 g/mol. The summed E-state index contributed by atoms with van der Waals surface area (Å²) in [4.78, 5) is 0. The molecule has 0 bridgehead atoms. The second kappa shape index (κ2) is 8.25. The van der Waals surface area contributed by atoms with Gasteiger partial charge < -0.3 is 0 Å². The maximum atomic E-state index is 15.3. The number of rotatable bonds is 2. The van der Waals surface area contributed by atoms with E-state index in [4.69, 9.17) is 0 Å². The Balaban J connectivity index is 2.14. The average Bonchev–Trinajstić information content (AvgIpc) is 2.83. The van der Waals surface area contributed by atoms with E-state index in [0.717, 1.165) is 24.3 Å². The Morgan fingerprint density at radius 2 is 0.917 bits per heavy atom. The zero-order valence-electron chi connectivity index (χ0n) is 17.4. The molecule has 0 aliphatic carbocycles. The topological polar surface area (TPSA) is 0 Å². The Morgan fingerprint density at radius 1 is 0.389 bits per heavy atom. The van der Waals surface area contributed by atoms with Gasteiger partial charge >= 0.3 is 0 Å². The summed E-state index contributed by atoms with van der Waals surface area (Å²) in [6, 6.07) is 5.19. The summed E-state index contributed by atoms with van der Waals surface area (Å²) < 4.78 is 144. The molecule has 5 aromatic carbocycles. The van der Waals surface area contributed by atoms with Crippen LogP contribution in [0.5, 0.6) is 0 Å². The van der Waals surface area contributed by atoms with Crippen molar-refractivity contribution in [3.05, 3.63) is 107 Å². The first kappa shape index (κ1) is 23.7. The van der Waals surface area contributed by atoms with Crippen molar-refractivity contribution in [3.63, 3.8) is 0 Å². The van der Waals surface area contributed by atoms with Crippen LogP contribution in [0.2, 0.25) is 0 Å². The fourth-order valence-electron chi connectivity index (χ4n) is 4.28. The van der Waals surface area contributed by atoms with E-state index in [2.05, 4.69) is 0 Å². The lowest BCUT2D eigenvalue weighted by atomic mass is 9.85. The van der Waals surface area contributed by atoms with E-state index in [1.165, 1.54) is 0 Å². The summed E-state index contributed by atoms with van der Waals surface area (Å²) in [5.74, 6) is -17.4. The van der Waals surface area contributed by atoms with Gasteiger partial charge in [-0.3, -0.25) is 0 Å². The first-order chi connectivity index (χ1) is 17.0. The van der Waals surface area contributed by atoms with Gasteiger partial charge in [-0.15, -0.1) is 0 Å². The molecule has 0 aromatic heterocycles. The summed E-state index contributed by atoms with van der Waals surface area (Å²) in [7, 11) is 0. The van der Waals surface area contributed by atoms with Gasteiger partial charge in [0.1, 0.15) is 17.5 Å². The molecule has 0 amide bonds. The smallest absolute Gasteiger partial charge is 0.198 e. The van der Waals surface area contributed by atoms with Gasteiger partial charge in [0.05, 0.1) is 0 Å². The van der Waals surface area contributed by atoms with Gasteiger partial charge in [0.25, 0.3) is 0 Å². The van der Waals surface area contributed by atoms with Crippen LogP contribution in [0.15, 0.2) is 48.5 Å². The highest BCUT2D eigenvalue weighted by molar-refractivity contribution is 6.21. The Labute approximate surface area is 195 Å². The van der Waals surface area contributed by atoms with Crippen LogP contribution in [0.4, 0.5) is 43.9 Å². The fourth-order valence-corrected chi connectivity index (χ4v) is 4.28. The van der Waals surface area contributed by atoms with Crippen molar-refractivity contribution in [1.29, 1.82) is 0 Å². The maximum Gasteiger partial charge on any atom is 0.198 e. The Morgan fingerprint density at radius 3 is 1.50 bits per heavy atom. The third kappa shape index (κ3) is 3.39. The number of hydrogen-bond acceptors (Lipinski definition) is 0. The molecule has 5 rings (SSSR count). The Hall–Kier alpha value is -4.08. The van der Waals surface area contributed by atoms with E-state index < -0.39 is 96.6 Å². The van der Waals surface area contributed by atoms with Crippen LogP contribution in [0, 0.1) is 58.2 Å². The van der Waals surface area contributed by atoms with Gasteiger partial charge in [0.2, 0.25) is 0 Å². The van der Waals surface area contributed by atoms with E-state index in [0.29, 0.717) is 24.3 Å². The second-order valence-electron chi connectivity index (χ2n) is 7.82. The van der Waals surface area contributed by atoms with E-state index in [9.17, 15) is 35.1 Å². The average molecular weight is 510 g/mol. The van der Waals surface area contributed by atoms with Gasteiger partial charge in [-0.05, 0) is 52.7 Å². The molecule has 0 heterocycles. The molecule has 0 aliphatic heterocycles. The van der Waals surface area contributed by atoms with Crippen molar-refractivity contribution in [2.24, 2.45) is 0 Å². The molecule has 0 unspecified atom stereocenters. The van der Waals surface area contributed by atoms with Gasteiger partial charge in [-0.25, -0.2) is 43.9 Å². The predicted molar refractivity (Wildman–Crippen MR) is 112 cm³/mol. The first-order valence-electron chi connectivity index (χ1n) is 10.0. The van der Waals surface area contributed by atoms with E-state index in [1.807, 2.05) is 0 Å². The summed E-state index contributed by atoms with van der Waals surface area (Å²) in [5.41, 5.74) is -2.61. The van der Waals surface area contributed by atoms with Crippen molar-refractivity contribution in [2.75, 3.05) is 0 Å². The van der Waals surface area contributed by atoms with Gasteiger partial charge in [-0.2, -0.15) is 0 Å². The number of hydrogen-bond donors (Lipinski definition) is 0. The molecule has 0 saturated carbocycles. The third-order valence-corrected chi connectivity index (χ3v) is 5.76. The van der Waals surface area contributed by atoms with Crippen molar-refractivity contribution in [3.8, 4) is 22.3 Å². The minimum atomic E-state index is -2.31. The largest absolute Gasteiger partial charge is 0.207 e. The van der Waals surface area contributed by atoms with Crippen molar-refractivity contribution < 1.29 is 43.9 Å². The molecule has 0 aliphatic rings. The summed E-state index contributed by atoms with van der Waals surface area (Å²) in [6.07, 6.45) is 0. The molecule has 0 fully saturated rings. The quantitative estimate of drug-likeness (QED) is 0.0965. The van der Waals surface area contributed by atoms with Crippen molar-refractivity contribution in [2.45, 2.75) is 0 Å². The second-order valence-corrected chi connectivity index (χ2v) is 7.82.